The minimum atomic E-state index is 0.0212. The number of benzene rings is 4. The first-order valence-corrected chi connectivity index (χ1v) is 9.86. The van der Waals surface area contributed by atoms with Gasteiger partial charge in [-0.3, -0.25) is 4.79 Å². The molecule has 0 spiro atoms. The molecule has 0 radical (unpaired) electrons. The highest BCUT2D eigenvalue weighted by molar-refractivity contribution is 6.32. The monoisotopic (exact) mass is 391 g/mol. The van der Waals surface area contributed by atoms with Crippen molar-refractivity contribution in [3.63, 3.8) is 0 Å². The zero-order valence-corrected chi connectivity index (χ0v) is 16.1. The molecule has 0 saturated carbocycles. The number of pyridine rings is 1. The van der Waals surface area contributed by atoms with Crippen LogP contribution in [-0.2, 0) is 0 Å². The Morgan fingerprint density at radius 1 is 0.724 bits per heavy atom. The molecule has 1 heterocycles. The molecule has 5 aromatic rings. The normalized spacial score (nSPS) is 12.4. The maximum atomic E-state index is 13.5. The molecule has 4 aromatic carbocycles. The van der Waals surface area contributed by atoms with Crippen LogP contribution in [0, 0.1) is 0 Å². The number of carbonyl (C=O) groups excluding carboxylic acids is 1. The van der Waals surface area contributed by atoms with Crippen molar-refractivity contribution in [2.75, 3.05) is 0 Å². The topological polar surface area (TPSA) is 30.0 Å². The average Bonchev–Trinajstić information content (AvgIpc) is 3.06. The van der Waals surface area contributed by atoms with Crippen molar-refractivity contribution in [3.8, 4) is 22.4 Å². The maximum Gasteiger partial charge on any atom is 0.196 e. The predicted molar refractivity (Wildman–Crippen MR) is 119 cm³/mol. The Morgan fingerprint density at radius 2 is 1.52 bits per heavy atom. The van der Waals surface area contributed by atoms with E-state index in [1.165, 1.54) is 0 Å². The molecule has 0 bridgehead atoms. The molecule has 0 fully saturated rings. The number of carbonyl (C=O) groups is 1. The second-order valence-corrected chi connectivity index (χ2v) is 7.71. The van der Waals surface area contributed by atoms with Crippen LogP contribution in [0.3, 0.4) is 0 Å². The first kappa shape index (κ1) is 16.5. The molecule has 136 valence electrons. The van der Waals surface area contributed by atoms with Crippen LogP contribution in [0.1, 0.15) is 15.9 Å². The maximum absolute atomic E-state index is 13.5. The van der Waals surface area contributed by atoms with Crippen molar-refractivity contribution in [3.05, 3.63) is 101 Å². The van der Waals surface area contributed by atoms with Crippen LogP contribution in [0.15, 0.2) is 84.9 Å². The minimum Gasteiger partial charge on any atom is -0.288 e. The average molecular weight is 392 g/mol. The van der Waals surface area contributed by atoms with E-state index >= 15 is 0 Å². The summed E-state index contributed by atoms with van der Waals surface area (Å²) in [5.41, 5.74) is 5.76. The van der Waals surface area contributed by atoms with E-state index in [0.717, 1.165) is 43.9 Å². The van der Waals surface area contributed by atoms with Gasteiger partial charge in [0.15, 0.2) is 5.78 Å². The lowest BCUT2D eigenvalue weighted by atomic mass is 9.93. The molecule has 1 aliphatic rings. The Kier molecular flexibility index (Phi) is 3.41. The summed E-state index contributed by atoms with van der Waals surface area (Å²) >= 11 is 6.25. The summed E-state index contributed by atoms with van der Waals surface area (Å²) in [6.45, 7) is 0. The van der Waals surface area contributed by atoms with Crippen molar-refractivity contribution in [2.45, 2.75) is 0 Å². The molecule has 2 nitrogen and oxygen atoms in total. The Hall–Kier alpha value is -3.49. The van der Waals surface area contributed by atoms with Gasteiger partial charge >= 0.3 is 0 Å². The number of hydrogen-bond donors (Lipinski definition) is 0. The van der Waals surface area contributed by atoms with Gasteiger partial charge < -0.3 is 0 Å². The molecule has 6 rings (SSSR count). The van der Waals surface area contributed by atoms with Gasteiger partial charge in [-0.25, -0.2) is 4.98 Å². The molecule has 1 aliphatic carbocycles. The van der Waals surface area contributed by atoms with Crippen LogP contribution < -0.4 is 0 Å². The molecule has 0 saturated heterocycles. The van der Waals surface area contributed by atoms with E-state index in [9.17, 15) is 4.79 Å². The highest BCUT2D eigenvalue weighted by Gasteiger charge is 2.32. The Labute approximate surface area is 172 Å². The van der Waals surface area contributed by atoms with E-state index in [0.29, 0.717) is 16.3 Å². The summed E-state index contributed by atoms with van der Waals surface area (Å²) < 4.78 is 0. The van der Waals surface area contributed by atoms with Crippen molar-refractivity contribution in [1.29, 1.82) is 0 Å². The van der Waals surface area contributed by atoms with Crippen LogP contribution in [0.2, 0.25) is 5.02 Å². The van der Waals surface area contributed by atoms with Gasteiger partial charge in [-0.1, -0.05) is 78.3 Å². The summed E-state index contributed by atoms with van der Waals surface area (Å²) in [7, 11) is 0. The van der Waals surface area contributed by atoms with Gasteiger partial charge in [0.05, 0.1) is 16.8 Å². The SMILES string of the molecule is O=C1c2ccccc2-c2c1c(-c1cccc(Cl)c1)nc1ccc3ccccc3c21. The van der Waals surface area contributed by atoms with Gasteiger partial charge in [0.1, 0.15) is 0 Å². The lowest BCUT2D eigenvalue weighted by Gasteiger charge is -2.13. The second kappa shape index (κ2) is 6.00. The second-order valence-electron chi connectivity index (χ2n) is 7.28. The molecular weight excluding hydrogens is 378 g/mol. The van der Waals surface area contributed by atoms with Gasteiger partial charge in [-0.15, -0.1) is 0 Å². The fraction of sp³-hybridized carbons (Fsp3) is 0. The van der Waals surface area contributed by atoms with Gasteiger partial charge in [-0.05, 0) is 34.5 Å². The number of fused-ring (bicyclic) bond motifs is 7. The first-order chi connectivity index (χ1) is 14.2. The molecule has 29 heavy (non-hydrogen) atoms. The van der Waals surface area contributed by atoms with Crippen LogP contribution in [0.25, 0.3) is 44.1 Å². The van der Waals surface area contributed by atoms with Crippen LogP contribution >= 0.6 is 11.6 Å². The number of ketones is 1. The van der Waals surface area contributed by atoms with Crippen LogP contribution in [0.5, 0.6) is 0 Å². The molecular formula is C26H14ClNO. The highest BCUT2D eigenvalue weighted by atomic mass is 35.5. The van der Waals surface area contributed by atoms with E-state index in [1.807, 2.05) is 66.7 Å². The zero-order chi connectivity index (χ0) is 19.5. The van der Waals surface area contributed by atoms with Gasteiger partial charge in [0.2, 0.25) is 0 Å². The number of aromatic nitrogens is 1. The molecule has 0 amide bonds. The lowest BCUT2D eigenvalue weighted by molar-refractivity contribution is 0.104. The van der Waals surface area contributed by atoms with Crippen molar-refractivity contribution < 1.29 is 4.79 Å². The smallest absolute Gasteiger partial charge is 0.196 e. The molecule has 0 unspecified atom stereocenters. The number of halogens is 1. The fourth-order valence-electron chi connectivity index (χ4n) is 4.40. The van der Waals surface area contributed by atoms with E-state index in [4.69, 9.17) is 16.6 Å². The zero-order valence-electron chi connectivity index (χ0n) is 15.3. The summed E-state index contributed by atoms with van der Waals surface area (Å²) in [4.78, 5) is 18.4. The third-order valence-electron chi connectivity index (χ3n) is 5.64. The van der Waals surface area contributed by atoms with E-state index in [1.54, 1.807) is 0 Å². The third-order valence-corrected chi connectivity index (χ3v) is 5.88. The summed E-state index contributed by atoms with van der Waals surface area (Å²) in [5, 5.41) is 3.90. The van der Waals surface area contributed by atoms with Crippen LogP contribution in [-0.4, -0.2) is 10.8 Å². The van der Waals surface area contributed by atoms with E-state index in [-0.39, 0.29) is 5.78 Å². The predicted octanol–water partition coefficient (Wildman–Crippen LogP) is 6.92. The summed E-state index contributed by atoms with van der Waals surface area (Å²) in [5.74, 6) is 0.0212. The molecule has 0 N–H and O–H groups in total. The summed E-state index contributed by atoms with van der Waals surface area (Å²) in [6.07, 6.45) is 0. The Bertz CT molecular complexity index is 1490. The Morgan fingerprint density at radius 3 is 2.38 bits per heavy atom. The highest BCUT2D eigenvalue weighted by Crippen LogP contribution is 2.46. The number of rotatable bonds is 1. The minimum absolute atomic E-state index is 0.0212. The quantitative estimate of drug-likeness (QED) is 0.285. The molecule has 1 aromatic heterocycles. The van der Waals surface area contributed by atoms with E-state index < -0.39 is 0 Å². The standard InChI is InChI=1S/C26H14ClNO/c27-17-8-5-7-16(14-17)25-24-23(19-10-3-4-11-20(19)26(24)29)22-18-9-2-1-6-15(18)12-13-21(22)28-25/h1-14H. The Balaban J connectivity index is 1.85. The molecule has 0 atom stereocenters. The van der Waals surface area contributed by atoms with Gasteiger partial charge in [0.25, 0.3) is 0 Å². The fourth-order valence-corrected chi connectivity index (χ4v) is 4.59. The third kappa shape index (κ3) is 2.30. The van der Waals surface area contributed by atoms with Crippen molar-refractivity contribution in [2.24, 2.45) is 0 Å². The van der Waals surface area contributed by atoms with Crippen LogP contribution in [0.4, 0.5) is 0 Å². The summed E-state index contributed by atoms with van der Waals surface area (Å²) in [6, 6.07) is 27.7. The van der Waals surface area contributed by atoms with Crippen molar-refractivity contribution in [1.82, 2.24) is 4.98 Å². The largest absolute Gasteiger partial charge is 0.288 e. The molecule has 3 heteroatoms. The van der Waals surface area contributed by atoms with Gasteiger partial charge in [0, 0.05) is 27.1 Å². The van der Waals surface area contributed by atoms with Crippen molar-refractivity contribution >= 4 is 39.1 Å². The van der Waals surface area contributed by atoms with E-state index in [2.05, 4.69) is 18.2 Å². The molecule has 0 aliphatic heterocycles. The first-order valence-electron chi connectivity index (χ1n) is 9.48. The number of hydrogen-bond acceptors (Lipinski definition) is 2. The van der Waals surface area contributed by atoms with Gasteiger partial charge in [-0.2, -0.15) is 0 Å². The lowest BCUT2D eigenvalue weighted by Crippen LogP contribution is -2.01. The number of nitrogens with zero attached hydrogens (tertiary/aromatic N) is 1.